The molecule has 4 nitrogen and oxygen atoms in total. The number of hydrogen-bond acceptors (Lipinski definition) is 3. The third-order valence-corrected chi connectivity index (χ3v) is 4.58. The van der Waals surface area contributed by atoms with Crippen LogP contribution in [0.2, 0.25) is 0 Å². The number of carbonyl (C=O) groups is 2. The Balaban J connectivity index is 3.86. The molecule has 142 valence electrons. The first-order valence-electron chi connectivity index (χ1n) is 10.0. The van der Waals surface area contributed by atoms with E-state index in [9.17, 15) is 9.59 Å². The molecule has 0 aliphatic heterocycles. The molecule has 1 amide bonds. The SMILES string of the molecule is CCCCCCCCCCCC(=O)N[C@H](C(=O)OCC)[C@@H](C)CC. The Hall–Kier alpha value is -1.06. The average molecular weight is 342 g/mol. The van der Waals surface area contributed by atoms with Crippen LogP contribution in [0.25, 0.3) is 0 Å². The van der Waals surface area contributed by atoms with Gasteiger partial charge >= 0.3 is 5.97 Å². The number of rotatable bonds is 15. The maximum Gasteiger partial charge on any atom is 0.328 e. The van der Waals surface area contributed by atoms with Crippen molar-refractivity contribution in [2.24, 2.45) is 5.92 Å². The first-order chi connectivity index (χ1) is 11.6. The smallest absolute Gasteiger partial charge is 0.328 e. The molecule has 0 radical (unpaired) electrons. The van der Waals surface area contributed by atoms with Crippen molar-refractivity contribution in [3.05, 3.63) is 0 Å². The maximum absolute atomic E-state index is 12.1. The van der Waals surface area contributed by atoms with Crippen molar-refractivity contribution in [1.29, 1.82) is 0 Å². The fourth-order valence-corrected chi connectivity index (χ4v) is 2.74. The van der Waals surface area contributed by atoms with Crippen LogP contribution in [0.3, 0.4) is 0 Å². The minimum atomic E-state index is -0.513. The van der Waals surface area contributed by atoms with Gasteiger partial charge in [-0.3, -0.25) is 4.79 Å². The van der Waals surface area contributed by atoms with Gasteiger partial charge in [0, 0.05) is 6.42 Å². The Morgan fingerprint density at radius 1 is 0.875 bits per heavy atom. The van der Waals surface area contributed by atoms with Crippen LogP contribution in [-0.2, 0) is 14.3 Å². The van der Waals surface area contributed by atoms with E-state index < -0.39 is 6.04 Å². The molecule has 1 N–H and O–H groups in total. The molecule has 0 unspecified atom stereocenters. The predicted octanol–water partition coefficient (Wildman–Crippen LogP) is 5.00. The summed E-state index contributed by atoms with van der Waals surface area (Å²) >= 11 is 0. The summed E-state index contributed by atoms with van der Waals surface area (Å²) in [5.41, 5.74) is 0. The van der Waals surface area contributed by atoms with Crippen molar-refractivity contribution >= 4 is 11.9 Å². The summed E-state index contributed by atoms with van der Waals surface area (Å²) in [7, 11) is 0. The largest absolute Gasteiger partial charge is 0.464 e. The number of ether oxygens (including phenoxy) is 1. The van der Waals surface area contributed by atoms with Crippen LogP contribution in [0.5, 0.6) is 0 Å². The Morgan fingerprint density at radius 3 is 1.92 bits per heavy atom. The third-order valence-electron chi connectivity index (χ3n) is 4.58. The summed E-state index contributed by atoms with van der Waals surface area (Å²) < 4.78 is 5.07. The molecule has 0 heterocycles. The van der Waals surface area contributed by atoms with Gasteiger partial charge in [-0.1, -0.05) is 78.6 Å². The Kier molecular flexibility index (Phi) is 14.8. The highest BCUT2D eigenvalue weighted by atomic mass is 16.5. The van der Waals surface area contributed by atoms with Crippen molar-refractivity contribution in [2.45, 2.75) is 104 Å². The molecule has 0 bridgehead atoms. The lowest BCUT2D eigenvalue weighted by Crippen LogP contribution is -2.45. The van der Waals surface area contributed by atoms with Gasteiger partial charge in [0.05, 0.1) is 6.61 Å². The van der Waals surface area contributed by atoms with Crippen molar-refractivity contribution in [3.8, 4) is 0 Å². The molecule has 2 atom stereocenters. The minimum absolute atomic E-state index is 0.0312. The molecular formula is C20H39NO3. The maximum atomic E-state index is 12.1. The molecule has 0 fully saturated rings. The molecule has 0 saturated heterocycles. The highest BCUT2D eigenvalue weighted by molar-refractivity contribution is 5.84. The molecule has 0 saturated carbocycles. The molecule has 0 spiro atoms. The van der Waals surface area contributed by atoms with Crippen LogP contribution in [0.4, 0.5) is 0 Å². The Morgan fingerprint density at radius 2 is 1.42 bits per heavy atom. The van der Waals surface area contributed by atoms with Crippen LogP contribution in [-0.4, -0.2) is 24.5 Å². The first-order valence-corrected chi connectivity index (χ1v) is 10.0. The molecule has 0 aromatic heterocycles. The summed E-state index contributed by atoms with van der Waals surface area (Å²) in [6.07, 6.45) is 12.4. The fourth-order valence-electron chi connectivity index (χ4n) is 2.74. The van der Waals surface area contributed by atoms with Crippen LogP contribution in [0.1, 0.15) is 98.3 Å². The number of carbonyl (C=O) groups excluding carboxylic acids is 2. The summed E-state index contributed by atoms with van der Waals surface area (Å²) in [6, 6.07) is -0.513. The number of esters is 1. The second-order valence-corrected chi connectivity index (χ2v) is 6.76. The lowest BCUT2D eigenvalue weighted by atomic mass is 9.99. The zero-order valence-corrected chi connectivity index (χ0v) is 16.4. The molecule has 4 heteroatoms. The molecule has 24 heavy (non-hydrogen) atoms. The number of unbranched alkanes of at least 4 members (excludes halogenated alkanes) is 8. The van der Waals surface area contributed by atoms with Gasteiger partial charge in [0.2, 0.25) is 5.91 Å². The predicted molar refractivity (Wildman–Crippen MR) is 99.9 cm³/mol. The van der Waals surface area contributed by atoms with E-state index in [1.165, 1.54) is 44.9 Å². The molecule has 0 rings (SSSR count). The normalized spacial score (nSPS) is 13.3. The van der Waals surface area contributed by atoms with Crippen molar-refractivity contribution < 1.29 is 14.3 Å². The van der Waals surface area contributed by atoms with Gasteiger partial charge in [0.15, 0.2) is 0 Å². The second kappa shape index (κ2) is 15.5. The topological polar surface area (TPSA) is 55.4 Å². The van der Waals surface area contributed by atoms with Crippen molar-refractivity contribution in [2.75, 3.05) is 6.61 Å². The van der Waals surface area contributed by atoms with Crippen LogP contribution in [0, 0.1) is 5.92 Å². The van der Waals surface area contributed by atoms with Crippen molar-refractivity contribution in [3.63, 3.8) is 0 Å². The highest BCUT2D eigenvalue weighted by Crippen LogP contribution is 2.12. The van der Waals surface area contributed by atoms with Gasteiger partial charge in [0.25, 0.3) is 0 Å². The van der Waals surface area contributed by atoms with Crippen LogP contribution in [0.15, 0.2) is 0 Å². The average Bonchev–Trinajstić information content (AvgIpc) is 2.57. The van der Waals surface area contributed by atoms with E-state index in [-0.39, 0.29) is 17.8 Å². The van der Waals surface area contributed by atoms with E-state index in [0.717, 1.165) is 19.3 Å². The van der Waals surface area contributed by atoms with E-state index in [1.807, 2.05) is 13.8 Å². The van der Waals surface area contributed by atoms with Gasteiger partial charge in [0.1, 0.15) is 6.04 Å². The summed E-state index contributed by atoms with van der Waals surface area (Å²) in [6.45, 7) is 8.36. The van der Waals surface area contributed by atoms with E-state index in [2.05, 4.69) is 12.2 Å². The molecule has 0 aliphatic carbocycles. The molecular weight excluding hydrogens is 302 g/mol. The van der Waals surface area contributed by atoms with Crippen LogP contribution >= 0.6 is 0 Å². The lowest BCUT2D eigenvalue weighted by Gasteiger charge is -2.22. The van der Waals surface area contributed by atoms with Gasteiger partial charge in [-0.25, -0.2) is 4.79 Å². The zero-order chi connectivity index (χ0) is 18.2. The van der Waals surface area contributed by atoms with E-state index in [1.54, 1.807) is 6.92 Å². The van der Waals surface area contributed by atoms with Gasteiger partial charge in [-0.2, -0.15) is 0 Å². The fraction of sp³-hybridized carbons (Fsp3) is 0.900. The second-order valence-electron chi connectivity index (χ2n) is 6.76. The van der Waals surface area contributed by atoms with E-state index in [4.69, 9.17) is 4.74 Å². The Bertz CT molecular complexity index is 331. The van der Waals surface area contributed by atoms with Crippen molar-refractivity contribution in [1.82, 2.24) is 5.32 Å². The van der Waals surface area contributed by atoms with Gasteiger partial charge < -0.3 is 10.1 Å². The quantitative estimate of drug-likeness (QED) is 0.337. The van der Waals surface area contributed by atoms with Gasteiger partial charge in [-0.05, 0) is 19.3 Å². The summed E-state index contributed by atoms with van der Waals surface area (Å²) in [5, 5.41) is 2.86. The number of amides is 1. The summed E-state index contributed by atoms with van der Waals surface area (Å²) in [4.78, 5) is 24.0. The zero-order valence-electron chi connectivity index (χ0n) is 16.4. The lowest BCUT2D eigenvalue weighted by molar-refractivity contribution is -0.149. The van der Waals surface area contributed by atoms with E-state index in [0.29, 0.717) is 13.0 Å². The summed E-state index contributed by atoms with van der Waals surface area (Å²) in [5.74, 6) is -0.250. The van der Waals surface area contributed by atoms with Crippen LogP contribution < -0.4 is 5.32 Å². The number of nitrogens with one attached hydrogen (secondary N) is 1. The number of hydrogen-bond donors (Lipinski definition) is 1. The molecule has 0 aromatic rings. The monoisotopic (exact) mass is 341 g/mol. The Labute approximate surface area is 149 Å². The molecule has 0 aromatic carbocycles. The van der Waals surface area contributed by atoms with Gasteiger partial charge in [-0.15, -0.1) is 0 Å². The van der Waals surface area contributed by atoms with E-state index >= 15 is 0 Å². The highest BCUT2D eigenvalue weighted by Gasteiger charge is 2.26. The first kappa shape index (κ1) is 22.9. The third kappa shape index (κ3) is 11.5. The minimum Gasteiger partial charge on any atom is -0.464 e. The standard InChI is InChI=1S/C20H39NO3/c1-5-8-9-10-11-12-13-14-15-16-18(22)21-19(17(4)6-2)20(23)24-7-3/h17,19H,5-16H2,1-4H3,(H,21,22)/t17-,19-/m0/s1. The molecule has 0 aliphatic rings.